The highest BCUT2D eigenvalue weighted by molar-refractivity contribution is 5.03. The topological polar surface area (TPSA) is 497 Å². The average molecular weight is 1230 g/mol. The van der Waals surface area contributed by atoms with Gasteiger partial charge in [-0.1, -0.05) is 0 Å². The maximum absolute atomic E-state index is 11.8. The zero-order valence-corrected chi connectivity index (χ0v) is 47.6. The zero-order chi connectivity index (χ0) is 61.0. The van der Waals surface area contributed by atoms with Crippen molar-refractivity contribution in [3.05, 3.63) is 0 Å². The number of ether oxygens (including phenoxy) is 14. The number of hydrogen-bond acceptors (Lipinski definition) is 35. The largest absolute Gasteiger partial charge is 0.387 e. The van der Waals surface area contributed by atoms with E-state index in [0.717, 1.165) is 0 Å². The van der Waals surface area contributed by atoms with Gasteiger partial charge in [-0.3, -0.25) is 0 Å². The molecule has 84 heavy (non-hydrogen) atoms. The summed E-state index contributed by atoms with van der Waals surface area (Å²) in [6.07, 6.45) is -58.8. The molecule has 35 heteroatoms. The van der Waals surface area contributed by atoms with Gasteiger partial charge in [-0.05, 0) is 49.3 Å². The Labute approximate surface area is 484 Å². The molecule has 35 nitrogen and oxygen atoms in total. The van der Waals surface area contributed by atoms with Crippen molar-refractivity contribution in [3.63, 3.8) is 0 Å². The standard InChI is InChI=1S/C49H91N7O28/c1-50-8-15-36-22(57)29(64)43(71-15)79-37-16(9-51-2)73-45(31(66)24(37)59)81-39-18(11-53-4)75-47(33(68)26(39)61)83-41-20(13-55-6)77-49(35(70)28(41)63)84-42-21(14-56-7)76-48(34(69)27(42)62)82-40-19(12-54-5)74-46(32(67)25(40)60)80-38-17(10-52-3)72-44(78-36)30(65)23(38)58/h15-70H,8-14H2,1-7H3/t15-,16-,17-,18-,19-,20-,21-,22-,23-,24-,25-,26-,27-,28-,29-,30-,31-,32-,33-,34-,35-,36-,37-,38-,39-,40-,41-,42-,43-,44-,45-,46-,47-,48-,49-/m1/s1. The third kappa shape index (κ3) is 14.5. The third-order valence-electron chi connectivity index (χ3n) is 16.4. The minimum absolute atomic E-state index is 0.103. The van der Waals surface area contributed by atoms with Crippen LogP contribution in [0.15, 0.2) is 0 Å². The molecule has 490 valence electrons. The zero-order valence-electron chi connectivity index (χ0n) is 47.6. The highest BCUT2D eigenvalue weighted by Gasteiger charge is 2.59. The molecule has 0 unspecified atom stereocenters. The van der Waals surface area contributed by atoms with Crippen molar-refractivity contribution < 1.29 is 138 Å². The lowest BCUT2D eigenvalue weighted by atomic mass is 9.94. The van der Waals surface area contributed by atoms with Crippen LogP contribution in [0.5, 0.6) is 0 Å². The molecule has 0 spiro atoms. The van der Waals surface area contributed by atoms with Crippen LogP contribution >= 0.6 is 0 Å². The predicted molar refractivity (Wildman–Crippen MR) is 276 cm³/mol. The Bertz CT molecular complexity index is 1610. The Morgan fingerprint density at radius 1 is 0.179 bits per heavy atom. The Hall–Kier alpha value is -1.40. The van der Waals surface area contributed by atoms with Crippen LogP contribution in [-0.2, 0) is 66.3 Å². The van der Waals surface area contributed by atoms with Gasteiger partial charge in [-0.2, -0.15) is 0 Å². The van der Waals surface area contributed by atoms with E-state index in [-0.39, 0.29) is 45.8 Å². The van der Waals surface area contributed by atoms with Crippen molar-refractivity contribution in [1.82, 2.24) is 37.2 Å². The summed E-state index contributed by atoms with van der Waals surface area (Å²) in [5.41, 5.74) is 0. The molecule has 0 aromatic rings. The molecule has 0 amide bonds. The van der Waals surface area contributed by atoms with Gasteiger partial charge in [0.25, 0.3) is 0 Å². The first-order valence-corrected chi connectivity index (χ1v) is 28.4. The van der Waals surface area contributed by atoms with Crippen LogP contribution in [0.2, 0.25) is 0 Å². The Morgan fingerprint density at radius 3 is 0.381 bits per heavy atom. The number of aliphatic hydroxyl groups excluding tert-OH is 14. The first-order chi connectivity index (χ1) is 40.2. The monoisotopic (exact) mass is 1230 g/mol. The quantitative estimate of drug-likeness (QED) is 0.0768. The maximum atomic E-state index is 11.8. The van der Waals surface area contributed by atoms with Gasteiger partial charge in [0.2, 0.25) is 0 Å². The van der Waals surface area contributed by atoms with Crippen LogP contribution in [0.3, 0.4) is 0 Å². The highest BCUT2D eigenvalue weighted by Crippen LogP contribution is 2.39. The molecule has 0 aromatic carbocycles. The van der Waals surface area contributed by atoms with Crippen molar-refractivity contribution in [2.75, 3.05) is 95.1 Å². The fourth-order valence-corrected chi connectivity index (χ4v) is 11.9. The molecule has 0 saturated carbocycles. The number of hydrogen-bond donors (Lipinski definition) is 21. The van der Waals surface area contributed by atoms with Crippen molar-refractivity contribution >= 4 is 0 Å². The minimum atomic E-state index is -1.97. The number of nitrogens with one attached hydrogen (secondary N) is 7. The molecule has 21 aliphatic rings. The first kappa shape index (κ1) is 68.5. The molecule has 0 radical (unpaired) electrons. The number of aliphatic hydroxyl groups is 14. The third-order valence-corrected chi connectivity index (χ3v) is 16.4. The second-order valence-corrected chi connectivity index (χ2v) is 22.3. The van der Waals surface area contributed by atoms with E-state index in [1.165, 1.54) is 0 Å². The summed E-state index contributed by atoms with van der Waals surface area (Å²) in [5, 5.41) is 184. The SMILES string of the molecule is CNC[C@H]1O[C@@H]2O[C@H]3[C@H](O)[C@@H](O)[C@@H](O[C@H]4[C@H](O)[C@@H](O)[C@@H](O[C@H]5[C@H](O)[C@@H](O)[C@@H](O[C@H]6[C@H](O)[C@@H](O)[C@@H](O[C@H]7[C@H](O)[C@@H](O)[C@@H](O[C@H]8[C@H](O)[C@@H](O)[C@@H](O[C@H]1[C@H](O)[C@H]2O)O[C@@H]8CNC)O[C@@H]7CNC)O[C@@H]6CNC)O[C@@H]5CNC)O[C@@H]4CNC)O[C@@H]3CNC. The predicted octanol–water partition coefficient (Wildman–Crippen LogP) is -13.6. The maximum Gasteiger partial charge on any atom is 0.187 e. The molecule has 21 aliphatic heterocycles. The molecule has 0 aromatic heterocycles. The van der Waals surface area contributed by atoms with Crippen molar-refractivity contribution in [3.8, 4) is 0 Å². The summed E-state index contributed by atoms with van der Waals surface area (Å²) >= 11 is 0. The first-order valence-electron chi connectivity index (χ1n) is 28.4. The molecule has 21 saturated heterocycles. The van der Waals surface area contributed by atoms with Crippen LogP contribution in [-0.4, -0.2) is 382 Å². The molecule has 21 fully saturated rings. The van der Waals surface area contributed by atoms with Crippen LogP contribution in [0.4, 0.5) is 0 Å². The smallest absolute Gasteiger partial charge is 0.187 e. The average Bonchev–Trinajstić information content (AvgIpc) is 2.54. The molecule has 21 N–H and O–H groups in total. The van der Waals surface area contributed by atoms with Gasteiger partial charge in [-0.15, -0.1) is 0 Å². The number of rotatable bonds is 14. The van der Waals surface area contributed by atoms with Gasteiger partial charge in [-0.25, -0.2) is 0 Å². The van der Waals surface area contributed by atoms with Gasteiger partial charge in [0, 0.05) is 45.8 Å². The van der Waals surface area contributed by atoms with Gasteiger partial charge in [0.05, 0.1) is 0 Å². The minimum Gasteiger partial charge on any atom is -0.387 e. The lowest BCUT2D eigenvalue weighted by molar-refractivity contribution is -0.392. The molecule has 21 heterocycles. The highest BCUT2D eigenvalue weighted by atomic mass is 16.8. The van der Waals surface area contributed by atoms with E-state index in [9.17, 15) is 71.5 Å². The van der Waals surface area contributed by atoms with E-state index < -0.39 is 215 Å². The summed E-state index contributed by atoms with van der Waals surface area (Å²) in [6.45, 7) is -0.719. The van der Waals surface area contributed by atoms with E-state index in [1.54, 1.807) is 49.3 Å². The van der Waals surface area contributed by atoms with E-state index in [1.807, 2.05) is 0 Å². The summed E-state index contributed by atoms with van der Waals surface area (Å²) in [6, 6.07) is 0. The van der Waals surface area contributed by atoms with E-state index in [4.69, 9.17) is 66.3 Å². The summed E-state index contributed by atoms with van der Waals surface area (Å²) in [7, 11) is 10.8. The van der Waals surface area contributed by atoms with Crippen LogP contribution in [0, 0.1) is 0 Å². The molecular weight excluding hydrogens is 1130 g/mol. The summed E-state index contributed by atoms with van der Waals surface area (Å²) in [5.74, 6) is 0. The summed E-state index contributed by atoms with van der Waals surface area (Å²) < 4.78 is 86.2. The Balaban J connectivity index is 1.12. The van der Waals surface area contributed by atoms with Crippen LogP contribution in [0.25, 0.3) is 0 Å². The normalized spacial score (nSPS) is 51.8. The second-order valence-electron chi connectivity index (χ2n) is 22.3. The van der Waals surface area contributed by atoms with E-state index in [2.05, 4.69) is 37.2 Å². The fourth-order valence-electron chi connectivity index (χ4n) is 11.9. The van der Waals surface area contributed by atoms with Gasteiger partial charge in [0.1, 0.15) is 171 Å². The van der Waals surface area contributed by atoms with Crippen molar-refractivity contribution in [1.29, 1.82) is 0 Å². The van der Waals surface area contributed by atoms with E-state index in [0.29, 0.717) is 0 Å². The Kier molecular flexibility index (Phi) is 25.0. The van der Waals surface area contributed by atoms with Crippen molar-refractivity contribution in [2.45, 2.75) is 215 Å². The van der Waals surface area contributed by atoms with Gasteiger partial charge in [0.15, 0.2) is 44.0 Å². The second kappa shape index (κ2) is 30.6. The summed E-state index contributed by atoms with van der Waals surface area (Å²) in [4.78, 5) is 0. The molecule has 21 rings (SSSR count). The van der Waals surface area contributed by atoms with Gasteiger partial charge < -0.3 is 175 Å². The molecule has 35 atom stereocenters. The Morgan fingerprint density at radius 2 is 0.286 bits per heavy atom. The number of likely N-dealkylation sites (N-methyl/N-ethyl adjacent to an activating group) is 7. The van der Waals surface area contributed by atoms with Crippen LogP contribution in [0.1, 0.15) is 0 Å². The molecular formula is C49H91N7O28. The van der Waals surface area contributed by atoms with Gasteiger partial charge >= 0.3 is 0 Å². The lowest BCUT2D eigenvalue weighted by Crippen LogP contribution is -2.69. The lowest BCUT2D eigenvalue weighted by Gasteiger charge is -2.50. The van der Waals surface area contributed by atoms with Crippen molar-refractivity contribution in [2.24, 2.45) is 0 Å². The van der Waals surface area contributed by atoms with Crippen LogP contribution < -0.4 is 37.2 Å². The van der Waals surface area contributed by atoms with E-state index >= 15 is 0 Å². The molecule has 14 bridgehead atoms. The fraction of sp³-hybridized carbons (Fsp3) is 1.00. The molecule has 0 aliphatic carbocycles.